The summed E-state index contributed by atoms with van der Waals surface area (Å²) in [5.41, 5.74) is -0.106. The van der Waals surface area contributed by atoms with Crippen molar-refractivity contribution >= 4 is 11.0 Å². The molecule has 6 N–H and O–H groups in total. The monoisotopic (exact) mass is 371 g/mol. The molecule has 3 aromatic rings. The summed E-state index contributed by atoms with van der Waals surface area (Å²) in [6.45, 7) is 0. The van der Waals surface area contributed by atoms with E-state index in [0.29, 0.717) is 5.56 Å². The van der Waals surface area contributed by atoms with Crippen molar-refractivity contribution in [1.29, 1.82) is 0 Å². The van der Waals surface area contributed by atoms with Gasteiger partial charge in [-0.2, -0.15) is 0 Å². The van der Waals surface area contributed by atoms with E-state index >= 15 is 0 Å². The maximum atomic E-state index is 12.0. The number of phenols is 4. The van der Waals surface area contributed by atoms with Crippen LogP contribution >= 0.6 is 0 Å². The van der Waals surface area contributed by atoms with E-state index < -0.39 is 5.43 Å². The number of aromatic hydroxyl groups is 4. The van der Waals surface area contributed by atoms with Gasteiger partial charge < -0.3 is 35.8 Å². The molecule has 0 aliphatic rings. The van der Waals surface area contributed by atoms with Gasteiger partial charge in [-0.05, 0) is 18.2 Å². The van der Waals surface area contributed by atoms with Crippen molar-refractivity contribution < 1.29 is 54.4 Å². The Morgan fingerprint density at radius 3 is 2.12 bits per heavy atom. The predicted molar refractivity (Wildman–Crippen MR) is 78.9 cm³/mol. The van der Waals surface area contributed by atoms with Crippen LogP contribution in [0.4, 0.5) is 0 Å². The fourth-order valence-electron chi connectivity index (χ4n) is 2.07. The number of hydrogen-bond acceptors (Lipinski definition) is 6. The number of rotatable bonds is 1. The quantitative estimate of drug-likeness (QED) is 0.470. The largest absolute Gasteiger partial charge is 4.00 e. The van der Waals surface area contributed by atoms with Crippen molar-refractivity contribution in [3.63, 3.8) is 0 Å². The molecule has 0 fully saturated rings. The van der Waals surface area contributed by atoms with Crippen LogP contribution in [-0.2, 0) is 24.0 Å². The van der Waals surface area contributed by atoms with Gasteiger partial charge in [-0.15, -0.1) is 0 Å². The van der Waals surface area contributed by atoms with Gasteiger partial charge in [-0.3, -0.25) is 4.79 Å². The van der Waals surface area contributed by atoms with E-state index in [0.717, 1.165) is 12.1 Å². The molecule has 1 radical (unpaired) electrons. The van der Waals surface area contributed by atoms with Crippen LogP contribution in [0, 0.1) is 0 Å². The molecule has 8 nitrogen and oxygen atoms in total. The van der Waals surface area contributed by atoms with Crippen LogP contribution in [0.2, 0.25) is 0 Å². The molecule has 0 atom stereocenters. The van der Waals surface area contributed by atoms with Gasteiger partial charge in [-0.1, -0.05) is 0 Å². The molecular formula is C15H12O8V+2. The molecule has 24 heavy (non-hydrogen) atoms. The molecule has 0 aliphatic heterocycles. The molecule has 0 aliphatic carbocycles. The van der Waals surface area contributed by atoms with Crippen LogP contribution < -0.4 is 5.43 Å². The average Bonchev–Trinajstić information content (AvgIpc) is 2.40. The van der Waals surface area contributed by atoms with Gasteiger partial charge in [0, 0.05) is 23.8 Å². The van der Waals surface area contributed by atoms with Crippen LogP contribution in [0.3, 0.4) is 0 Å². The van der Waals surface area contributed by atoms with Crippen LogP contribution in [0.25, 0.3) is 22.3 Å². The second-order valence-electron chi connectivity index (χ2n) is 4.52. The first-order valence-corrected chi connectivity index (χ1v) is 5.98. The molecule has 3 rings (SSSR count). The number of phenolic OH excluding ortho intramolecular Hbond substituents is 4. The second-order valence-corrected chi connectivity index (χ2v) is 4.52. The third-order valence-electron chi connectivity index (χ3n) is 3.05. The molecule has 0 saturated heterocycles. The summed E-state index contributed by atoms with van der Waals surface area (Å²) < 4.78 is 5.47. The molecule has 0 saturated carbocycles. The average molecular weight is 371 g/mol. The molecule has 0 bridgehead atoms. The molecule has 9 heteroatoms. The van der Waals surface area contributed by atoms with E-state index in [4.69, 9.17) is 4.42 Å². The molecule has 1 heterocycles. The summed E-state index contributed by atoms with van der Waals surface area (Å²) >= 11 is 0. The van der Waals surface area contributed by atoms with Crippen molar-refractivity contribution in [2.75, 3.05) is 0 Å². The zero-order chi connectivity index (χ0) is 15.1. The van der Waals surface area contributed by atoms with E-state index in [1.54, 1.807) is 0 Å². The molecule has 2 aromatic carbocycles. The van der Waals surface area contributed by atoms with Crippen molar-refractivity contribution in [3.05, 3.63) is 46.6 Å². The summed E-state index contributed by atoms with van der Waals surface area (Å²) in [5.74, 6) is -1.13. The smallest absolute Gasteiger partial charge is 2.00 e. The number of benzene rings is 2. The molecular weight excluding hydrogens is 359 g/mol. The minimum Gasteiger partial charge on any atom is -2.00 e. The van der Waals surface area contributed by atoms with Crippen LogP contribution in [0.1, 0.15) is 0 Å². The normalized spacial score (nSPS) is 9.50. The standard InChI is InChI=1S/C15H10O6.H2O.O.V/c16-8-4-11(19)15-12(20)6-13(21-14(15)5-8)7-1-2-9(17)10(18)3-7;;;/h1-6,16-19H;1H2;;/q;;-2;+4. The number of hydrogen-bond donors (Lipinski definition) is 4. The maximum absolute atomic E-state index is 12.0. The SMILES string of the molecule is O.O=c1cc(-c2ccc(O)c(O)c2)oc2cc(O)cc(O)c12.[O-2].[V+4]. The first-order valence-electron chi connectivity index (χ1n) is 5.98. The summed E-state index contributed by atoms with van der Waals surface area (Å²) in [7, 11) is 0. The first-order chi connectivity index (χ1) is 9.95. The third-order valence-corrected chi connectivity index (χ3v) is 3.05. The number of fused-ring (bicyclic) bond motifs is 1. The fourth-order valence-corrected chi connectivity index (χ4v) is 2.07. The van der Waals surface area contributed by atoms with Gasteiger partial charge in [0.1, 0.15) is 28.2 Å². The minimum atomic E-state index is -0.490. The van der Waals surface area contributed by atoms with Gasteiger partial charge in [0.15, 0.2) is 16.9 Å². The Morgan fingerprint density at radius 2 is 1.50 bits per heavy atom. The molecule has 0 amide bonds. The third kappa shape index (κ3) is 3.63. The van der Waals surface area contributed by atoms with Crippen molar-refractivity contribution in [2.45, 2.75) is 0 Å². The Hall–Kier alpha value is -2.65. The summed E-state index contributed by atoms with van der Waals surface area (Å²) in [6.07, 6.45) is 0. The van der Waals surface area contributed by atoms with Gasteiger partial charge >= 0.3 is 18.6 Å². The van der Waals surface area contributed by atoms with Crippen LogP contribution in [0.5, 0.6) is 23.0 Å². The van der Waals surface area contributed by atoms with Crippen LogP contribution in [-0.4, -0.2) is 25.9 Å². The molecule has 0 spiro atoms. The molecule has 0 unspecified atom stereocenters. The Bertz CT molecular complexity index is 919. The first kappa shape index (κ1) is 21.4. The summed E-state index contributed by atoms with van der Waals surface area (Å²) in [4.78, 5) is 12.0. The Morgan fingerprint density at radius 1 is 0.833 bits per heavy atom. The Labute approximate surface area is 146 Å². The van der Waals surface area contributed by atoms with E-state index in [2.05, 4.69) is 0 Å². The molecule has 123 valence electrons. The van der Waals surface area contributed by atoms with Crippen LogP contribution in [0.15, 0.2) is 45.6 Å². The Kier molecular flexibility index (Phi) is 6.90. The van der Waals surface area contributed by atoms with Gasteiger partial charge in [0.2, 0.25) is 0 Å². The maximum Gasteiger partial charge on any atom is 4.00 e. The zero-order valence-corrected chi connectivity index (χ0v) is 13.3. The zero-order valence-electron chi connectivity index (χ0n) is 11.9. The van der Waals surface area contributed by atoms with Crippen molar-refractivity contribution in [2.24, 2.45) is 0 Å². The fraction of sp³-hybridized carbons (Fsp3) is 0. The topological polar surface area (TPSA) is 171 Å². The van der Waals surface area contributed by atoms with Gasteiger partial charge in [0.05, 0.1) is 0 Å². The second kappa shape index (κ2) is 7.76. The van der Waals surface area contributed by atoms with E-state index in [9.17, 15) is 25.2 Å². The van der Waals surface area contributed by atoms with Crippen molar-refractivity contribution in [3.8, 4) is 34.3 Å². The summed E-state index contributed by atoms with van der Waals surface area (Å²) in [5, 5.41) is 37.9. The van der Waals surface area contributed by atoms with E-state index in [1.165, 1.54) is 24.3 Å². The van der Waals surface area contributed by atoms with Gasteiger partial charge in [0.25, 0.3) is 0 Å². The van der Waals surface area contributed by atoms with Gasteiger partial charge in [-0.25, -0.2) is 0 Å². The molecule has 1 aromatic heterocycles. The van der Waals surface area contributed by atoms with Crippen molar-refractivity contribution in [1.82, 2.24) is 0 Å². The minimum absolute atomic E-state index is 0. The van der Waals surface area contributed by atoms with E-state index in [-0.39, 0.29) is 69.2 Å². The summed E-state index contributed by atoms with van der Waals surface area (Å²) in [6, 6.07) is 7.37. The Balaban J connectivity index is 0.00000176. The van der Waals surface area contributed by atoms with E-state index in [1.807, 2.05) is 0 Å². The predicted octanol–water partition coefficient (Wildman–Crippen LogP) is 1.34.